The lowest BCUT2D eigenvalue weighted by Crippen LogP contribution is -2.30. The molecule has 12 rings (SSSR count). The monoisotopic (exact) mass is 715 g/mol. The van der Waals surface area contributed by atoms with E-state index in [-0.39, 0.29) is 5.41 Å². The standard InChI is InChI=1S/C54H37NO/c1-53(2)46-22-10-5-16-38(46)40-30-28-36(32-48(40)53)55(50-24-13-19-43-42-18-7-12-25-51(42)56-52(43)50)37-29-31-41-39-17-6-11-23-47(39)54(49(41)33-37)44-20-8-3-14-34(44)26-27-35-15-4-9-21-45(35)54/h3-33H,1-2H3. The Morgan fingerprint density at radius 2 is 0.929 bits per heavy atom. The van der Waals surface area contributed by atoms with Crippen LogP contribution in [0.2, 0.25) is 0 Å². The fourth-order valence-electron chi connectivity index (χ4n) is 10.4. The van der Waals surface area contributed by atoms with Crippen LogP contribution in [0.5, 0.6) is 0 Å². The minimum atomic E-state index is -0.531. The van der Waals surface area contributed by atoms with Crippen LogP contribution in [0.4, 0.5) is 17.1 Å². The summed E-state index contributed by atoms with van der Waals surface area (Å²) in [5.74, 6) is 0. The van der Waals surface area contributed by atoms with Gasteiger partial charge in [0.2, 0.25) is 0 Å². The lowest BCUT2D eigenvalue weighted by Gasteiger charge is -2.36. The van der Waals surface area contributed by atoms with Crippen LogP contribution in [-0.2, 0) is 10.8 Å². The molecule has 0 radical (unpaired) electrons. The zero-order valence-electron chi connectivity index (χ0n) is 31.3. The predicted octanol–water partition coefficient (Wildman–Crippen LogP) is 14.2. The maximum Gasteiger partial charge on any atom is 0.159 e. The van der Waals surface area contributed by atoms with E-state index >= 15 is 0 Å². The molecule has 0 bridgehead atoms. The Kier molecular flexibility index (Phi) is 6.36. The molecule has 0 amide bonds. The van der Waals surface area contributed by atoms with Gasteiger partial charge in [0.15, 0.2) is 5.58 Å². The Labute approximate surface area is 326 Å². The number of para-hydroxylation sites is 2. The number of fused-ring (bicyclic) bond motifs is 15. The van der Waals surface area contributed by atoms with Crippen molar-refractivity contribution in [3.05, 3.63) is 220 Å². The summed E-state index contributed by atoms with van der Waals surface area (Å²) in [6.45, 7) is 4.72. The second kappa shape index (κ2) is 11.3. The summed E-state index contributed by atoms with van der Waals surface area (Å²) in [7, 11) is 0. The highest BCUT2D eigenvalue weighted by Gasteiger charge is 2.48. The van der Waals surface area contributed by atoms with E-state index in [1.54, 1.807) is 0 Å². The quantitative estimate of drug-likeness (QED) is 0.181. The van der Waals surface area contributed by atoms with Crippen LogP contribution in [0.15, 0.2) is 180 Å². The molecule has 3 aliphatic carbocycles. The highest BCUT2D eigenvalue weighted by atomic mass is 16.3. The maximum atomic E-state index is 6.80. The first-order valence-corrected chi connectivity index (χ1v) is 19.6. The molecule has 2 heteroatoms. The Morgan fingerprint density at radius 3 is 1.64 bits per heavy atom. The van der Waals surface area contributed by atoms with Crippen LogP contribution in [0, 0.1) is 0 Å². The molecule has 1 heterocycles. The van der Waals surface area contributed by atoms with Crippen molar-refractivity contribution in [1.29, 1.82) is 0 Å². The fraction of sp³-hybridized carbons (Fsp3) is 0.0741. The van der Waals surface area contributed by atoms with Crippen LogP contribution >= 0.6 is 0 Å². The van der Waals surface area contributed by atoms with E-state index in [1.807, 2.05) is 0 Å². The van der Waals surface area contributed by atoms with Crippen LogP contribution in [0.3, 0.4) is 0 Å². The summed E-state index contributed by atoms with van der Waals surface area (Å²) in [4.78, 5) is 2.44. The summed E-state index contributed by atoms with van der Waals surface area (Å²) in [6, 6.07) is 65.0. The molecule has 0 fully saturated rings. The minimum Gasteiger partial charge on any atom is -0.454 e. The number of hydrogen-bond acceptors (Lipinski definition) is 2. The van der Waals surface area contributed by atoms with Gasteiger partial charge >= 0.3 is 0 Å². The predicted molar refractivity (Wildman–Crippen MR) is 232 cm³/mol. The van der Waals surface area contributed by atoms with Crippen LogP contribution < -0.4 is 4.90 Å². The van der Waals surface area contributed by atoms with Gasteiger partial charge in [-0.3, -0.25) is 0 Å². The van der Waals surface area contributed by atoms with Gasteiger partial charge in [0.1, 0.15) is 5.58 Å². The van der Waals surface area contributed by atoms with Gasteiger partial charge in [-0.2, -0.15) is 0 Å². The van der Waals surface area contributed by atoms with Crippen molar-refractivity contribution in [3.8, 4) is 22.3 Å². The third-order valence-electron chi connectivity index (χ3n) is 12.9. The number of furan rings is 1. The SMILES string of the molecule is CC1(C)c2ccccc2-c2ccc(N(c3ccc4c(c3)C3(c5ccccc5C=Cc5ccccc53)c3ccccc3-4)c3cccc4c3oc3ccccc34)cc21. The van der Waals surface area contributed by atoms with Crippen molar-refractivity contribution in [2.24, 2.45) is 0 Å². The normalized spacial score (nSPS) is 14.8. The molecule has 8 aromatic carbocycles. The van der Waals surface area contributed by atoms with Gasteiger partial charge in [0.25, 0.3) is 0 Å². The van der Waals surface area contributed by atoms with E-state index in [9.17, 15) is 0 Å². The van der Waals surface area contributed by atoms with E-state index < -0.39 is 5.41 Å². The third kappa shape index (κ3) is 4.06. The molecule has 1 aromatic heterocycles. The lowest BCUT2D eigenvalue weighted by atomic mass is 9.66. The van der Waals surface area contributed by atoms with Crippen molar-refractivity contribution < 1.29 is 4.42 Å². The Balaban J connectivity index is 1.17. The lowest BCUT2D eigenvalue weighted by molar-refractivity contribution is 0.660. The number of nitrogens with zero attached hydrogens (tertiary/aromatic N) is 1. The van der Waals surface area contributed by atoms with E-state index in [0.717, 1.165) is 39.0 Å². The zero-order chi connectivity index (χ0) is 37.2. The Morgan fingerprint density at radius 1 is 0.411 bits per heavy atom. The average Bonchev–Trinajstić information content (AvgIpc) is 3.80. The largest absolute Gasteiger partial charge is 0.454 e. The van der Waals surface area contributed by atoms with Crippen molar-refractivity contribution in [3.63, 3.8) is 0 Å². The van der Waals surface area contributed by atoms with E-state index in [1.165, 1.54) is 66.8 Å². The van der Waals surface area contributed by atoms with Crippen LogP contribution in [0.25, 0.3) is 56.3 Å². The summed E-state index contributed by atoms with van der Waals surface area (Å²) in [5.41, 5.74) is 19.8. The first-order valence-electron chi connectivity index (χ1n) is 19.6. The second-order valence-electron chi connectivity index (χ2n) is 16.0. The van der Waals surface area contributed by atoms with E-state index in [0.29, 0.717) is 0 Å². The van der Waals surface area contributed by atoms with Crippen molar-refractivity contribution >= 4 is 51.2 Å². The smallest absolute Gasteiger partial charge is 0.159 e. The molecule has 264 valence electrons. The van der Waals surface area contributed by atoms with Gasteiger partial charge in [-0.25, -0.2) is 0 Å². The van der Waals surface area contributed by atoms with Gasteiger partial charge < -0.3 is 9.32 Å². The number of anilines is 3. The molecule has 2 nitrogen and oxygen atoms in total. The highest BCUT2D eigenvalue weighted by molar-refractivity contribution is 6.10. The molecule has 56 heavy (non-hydrogen) atoms. The molecule has 0 N–H and O–H groups in total. The van der Waals surface area contributed by atoms with Crippen LogP contribution in [0.1, 0.15) is 58.4 Å². The molecular formula is C54H37NO. The maximum absolute atomic E-state index is 6.80. The first-order chi connectivity index (χ1) is 27.5. The number of rotatable bonds is 3. The highest BCUT2D eigenvalue weighted by Crippen LogP contribution is 2.60. The number of hydrogen-bond donors (Lipinski definition) is 0. The van der Waals surface area contributed by atoms with Crippen molar-refractivity contribution in [2.75, 3.05) is 4.90 Å². The van der Waals surface area contributed by atoms with Gasteiger partial charge in [0.05, 0.1) is 11.1 Å². The molecule has 3 aliphatic rings. The summed E-state index contributed by atoms with van der Waals surface area (Å²) >= 11 is 0. The minimum absolute atomic E-state index is 0.149. The molecule has 0 atom stereocenters. The average molecular weight is 716 g/mol. The molecule has 9 aromatic rings. The van der Waals surface area contributed by atoms with Gasteiger partial charge in [-0.1, -0.05) is 166 Å². The second-order valence-corrected chi connectivity index (χ2v) is 16.0. The Bertz CT molecular complexity index is 3090. The fourth-order valence-corrected chi connectivity index (χ4v) is 10.4. The first kappa shape index (κ1) is 31.5. The van der Waals surface area contributed by atoms with Gasteiger partial charge in [-0.15, -0.1) is 0 Å². The van der Waals surface area contributed by atoms with Crippen molar-refractivity contribution in [1.82, 2.24) is 0 Å². The van der Waals surface area contributed by atoms with Crippen molar-refractivity contribution in [2.45, 2.75) is 24.7 Å². The molecule has 0 aliphatic heterocycles. The summed E-state index contributed by atoms with van der Waals surface area (Å²) < 4.78 is 6.80. The molecular weight excluding hydrogens is 679 g/mol. The Hall–Kier alpha value is -6.90. The van der Waals surface area contributed by atoms with E-state index in [2.05, 4.69) is 207 Å². The number of benzene rings is 8. The zero-order valence-corrected chi connectivity index (χ0v) is 31.3. The van der Waals surface area contributed by atoms with Crippen LogP contribution in [-0.4, -0.2) is 0 Å². The molecule has 0 saturated carbocycles. The van der Waals surface area contributed by atoms with Gasteiger partial charge in [-0.05, 0) is 103 Å². The molecule has 0 saturated heterocycles. The van der Waals surface area contributed by atoms with Gasteiger partial charge in [0, 0.05) is 27.6 Å². The van der Waals surface area contributed by atoms with E-state index in [4.69, 9.17) is 4.42 Å². The summed E-state index contributed by atoms with van der Waals surface area (Å²) in [5, 5.41) is 2.23. The third-order valence-corrected chi connectivity index (χ3v) is 12.9. The summed E-state index contributed by atoms with van der Waals surface area (Å²) in [6.07, 6.45) is 4.60. The topological polar surface area (TPSA) is 16.4 Å². The molecule has 0 unspecified atom stereocenters. The molecule has 1 spiro atoms.